The third kappa shape index (κ3) is 2.58. The smallest absolute Gasteiger partial charge is 0.0622 e. The number of fused-ring (bicyclic) bond motifs is 1. The van der Waals surface area contributed by atoms with E-state index in [-0.39, 0.29) is 0 Å². The number of halogens is 1. The number of anilines is 1. The quantitative estimate of drug-likeness (QED) is 0.856. The Balaban J connectivity index is 2.09. The summed E-state index contributed by atoms with van der Waals surface area (Å²) in [7, 11) is 0. The molecule has 0 aromatic heterocycles. The molecule has 1 aliphatic rings. The topological polar surface area (TPSA) is 35.8 Å². The summed E-state index contributed by atoms with van der Waals surface area (Å²) in [5.74, 6) is 1.02. The van der Waals surface area contributed by atoms with Crippen LogP contribution in [0.3, 0.4) is 0 Å². The number of nitriles is 1. The average Bonchev–Trinajstić information content (AvgIpc) is 2.25. The molecule has 1 aliphatic heterocycles. The highest BCUT2D eigenvalue weighted by Gasteiger charge is 2.17. The standard InChI is InChI=1S/C11H11ClN2S/c12-8-3-4-11-10(6-8)14-9(7-15-11)2-1-5-13/h3-4,6,9,14H,1-2,7H2. The van der Waals surface area contributed by atoms with Gasteiger partial charge in [0.2, 0.25) is 0 Å². The molecule has 0 fully saturated rings. The molecule has 1 aromatic carbocycles. The second-order valence-corrected chi connectivity index (χ2v) is 4.99. The molecule has 78 valence electrons. The molecule has 0 radical (unpaired) electrons. The lowest BCUT2D eigenvalue weighted by atomic mass is 10.1. The summed E-state index contributed by atoms with van der Waals surface area (Å²) in [4.78, 5) is 1.24. The molecular weight excluding hydrogens is 228 g/mol. The predicted octanol–water partition coefficient (Wildman–Crippen LogP) is 3.53. The van der Waals surface area contributed by atoms with Crippen molar-refractivity contribution in [3.8, 4) is 6.07 Å². The lowest BCUT2D eigenvalue weighted by Gasteiger charge is -2.26. The fraction of sp³-hybridized carbons (Fsp3) is 0.364. The summed E-state index contributed by atoms with van der Waals surface area (Å²) in [6.07, 6.45) is 1.50. The average molecular weight is 239 g/mol. The number of thioether (sulfide) groups is 1. The minimum atomic E-state index is 0.389. The van der Waals surface area contributed by atoms with Crippen LogP contribution >= 0.6 is 23.4 Å². The molecule has 2 nitrogen and oxygen atoms in total. The van der Waals surface area contributed by atoms with Crippen molar-refractivity contribution >= 4 is 29.1 Å². The molecule has 1 heterocycles. The SMILES string of the molecule is N#CCCC1CSc2ccc(Cl)cc2N1. The number of hydrogen-bond donors (Lipinski definition) is 1. The van der Waals surface area contributed by atoms with E-state index in [4.69, 9.17) is 16.9 Å². The number of nitrogens with one attached hydrogen (secondary N) is 1. The molecule has 2 rings (SSSR count). The summed E-state index contributed by atoms with van der Waals surface area (Å²) in [5, 5.41) is 12.7. The second-order valence-electron chi connectivity index (χ2n) is 3.49. The maximum absolute atomic E-state index is 8.53. The van der Waals surface area contributed by atoms with Crippen molar-refractivity contribution in [1.82, 2.24) is 0 Å². The number of benzene rings is 1. The monoisotopic (exact) mass is 238 g/mol. The van der Waals surface area contributed by atoms with Gasteiger partial charge in [-0.2, -0.15) is 5.26 Å². The molecular formula is C11H11ClN2S. The van der Waals surface area contributed by atoms with Crippen LogP contribution in [0, 0.1) is 11.3 Å². The highest BCUT2D eigenvalue weighted by atomic mass is 35.5. The second kappa shape index (κ2) is 4.78. The molecule has 0 aliphatic carbocycles. The summed E-state index contributed by atoms with van der Waals surface area (Å²) in [5.41, 5.74) is 1.10. The maximum atomic E-state index is 8.53. The summed E-state index contributed by atoms with van der Waals surface area (Å²) >= 11 is 7.75. The number of rotatable bonds is 2. The van der Waals surface area contributed by atoms with E-state index in [1.54, 1.807) is 0 Å². The van der Waals surface area contributed by atoms with Crippen LogP contribution in [0.25, 0.3) is 0 Å². The first-order valence-corrected chi connectivity index (χ1v) is 6.22. The Morgan fingerprint density at radius 3 is 3.27 bits per heavy atom. The van der Waals surface area contributed by atoms with Crippen molar-refractivity contribution in [3.63, 3.8) is 0 Å². The molecule has 0 spiro atoms. The van der Waals surface area contributed by atoms with Crippen LogP contribution < -0.4 is 5.32 Å². The fourth-order valence-electron chi connectivity index (χ4n) is 1.59. The van der Waals surface area contributed by atoms with E-state index in [0.29, 0.717) is 12.5 Å². The zero-order valence-electron chi connectivity index (χ0n) is 8.16. The maximum Gasteiger partial charge on any atom is 0.0622 e. The van der Waals surface area contributed by atoms with Crippen molar-refractivity contribution in [3.05, 3.63) is 23.2 Å². The largest absolute Gasteiger partial charge is 0.380 e. The van der Waals surface area contributed by atoms with E-state index in [1.165, 1.54) is 4.90 Å². The number of nitrogens with zero attached hydrogens (tertiary/aromatic N) is 1. The highest BCUT2D eigenvalue weighted by Crippen LogP contribution is 2.35. The van der Waals surface area contributed by atoms with Gasteiger partial charge in [0.15, 0.2) is 0 Å². The van der Waals surface area contributed by atoms with Crippen LogP contribution in [0.15, 0.2) is 23.1 Å². The Morgan fingerprint density at radius 2 is 2.47 bits per heavy atom. The Hall–Kier alpha value is -0.850. The first-order valence-electron chi connectivity index (χ1n) is 4.85. The summed E-state index contributed by atoms with van der Waals surface area (Å²) in [6, 6.07) is 8.46. The Kier molecular flexibility index (Phi) is 3.40. The van der Waals surface area contributed by atoms with E-state index in [1.807, 2.05) is 30.0 Å². The van der Waals surface area contributed by atoms with Crippen LogP contribution in [-0.2, 0) is 0 Å². The molecule has 1 atom stereocenters. The third-order valence-corrected chi connectivity index (χ3v) is 3.82. The Bertz CT molecular complexity index is 400. The van der Waals surface area contributed by atoms with Gasteiger partial charge in [-0.05, 0) is 24.6 Å². The molecule has 0 bridgehead atoms. The Morgan fingerprint density at radius 1 is 1.60 bits per heavy atom. The zero-order chi connectivity index (χ0) is 10.7. The molecule has 15 heavy (non-hydrogen) atoms. The highest BCUT2D eigenvalue weighted by molar-refractivity contribution is 7.99. The van der Waals surface area contributed by atoms with Gasteiger partial charge in [-0.1, -0.05) is 11.6 Å². The van der Waals surface area contributed by atoms with Crippen molar-refractivity contribution in [2.45, 2.75) is 23.8 Å². The minimum absolute atomic E-state index is 0.389. The van der Waals surface area contributed by atoms with Crippen LogP contribution in [0.2, 0.25) is 5.02 Å². The molecule has 0 saturated carbocycles. The summed E-state index contributed by atoms with van der Waals surface area (Å²) < 4.78 is 0. The lowest BCUT2D eigenvalue weighted by Crippen LogP contribution is -2.25. The van der Waals surface area contributed by atoms with Crippen LogP contribution in [0.1, 0.15) is 12.8 Å². The third-order valence-electron chi connectivity index (χ3n) is 2.35. The van der Waals surface area contributed by atoms with Gasteiger partial charge in [0.05, 0.1) is 6.07 Å². The number of hydrogen-bond acceptors (Lipinski definition) is 3. The van der Waals surface area contributed by atoms with E-state index < -0.39 is 0 Å². The van der Waals surface area contributed by atoms with Crippen LogP contribution in [0.5, 0.6) is 0 Å². The zero-order valence-corrected chi connectivity index (χ0v) is 9.74. The Labute approximate surface area is 98.6 Å². The minimum Gasteiger partial charge on any atom is -0.380 e. The van der Waals surface area contributed by atoms with E-state index in [9.17, 15) is 0 Å². The van der Waals surface area contributed by atoms with Gasteiger partial charge in [0, 0.05) is 33.8 Å². The molecule has 1 aromatic rings. The van der Waals surface area contributed by atoms with Gasteiger partial charge in [0.1, 0.15) is 0 Å². The predicted molar refractivity (Wildman–Crippen MR) is 64.4 cm³/mol. The van der Waals surface area contributed by atoms with Crippen molar-refractivity contribution in [2.24, 2.45) is 0 Å². The van der Waals surface area contributed by atoms with Gasteiger partial charge in [-0.15, -0.1) is 11.8 Å². The van der Waals surface area contributed by atoms with Crippen molar-refractivity contribution < 1.29 is 0 Å². The molecule has 0 amide bonds. The van der Waals surface area contributed by atoms with E-state index >= 15 is 0 Å². The first kappa shape index (κ1) is 10.7. The normalized spacial score (nSPS) is 18.8. The van der Waals surface area contributed by atoms with Gasteiger partial charge in [-0.3, -0.25) is 0 Å². The first-order chi connectivity index (χ1) is 7.29. The molecule has 1 unspecified atom stereocenters. The van der Waals surface area contributed by atoms with Gasteiger partial charge >= 0.3 is 0 Å². The van der Waals surface area contributed by atoms with Crippen LogP contribution in [0.4, 0.5) is 5.69 Å². The van der Waals surface area contributed by atoms with E-state index in [0.717, 1.165) is 22.9 Å². The summed E-state index contributed by atoms with van der Waals surface area (Å²) in [6.45, 7) is 0. The van der Waals surface area contributed by atoms with Gasteiger partial charge in [0.25, 0.3) is 0 Å². The fourth-order valence-corrected chi connectivity index (χ4v) is 2.83. The van der Waals surface area contributed by atoms with Crippen molar-refractivity contribution in [2.75, 3.05) is 11.1 Å². The van der Waals surface area contributed by atoms with Crippen molar-refractivity contribution in [1.29, 1.82) is 5.26 Å². The van der Waals surface area contributed by atoms with Gasteiger partial charge < -0.3 is 5.32 Å². The van der Waals surface area contributed by atoms with Crippen LogP contribution in [-0.4, -0.2) is 11.8 Å². The molecule has 0 saturated heterocycles. The van der Waals surface area contributed by atoms with E-state index in [2.05, 4.69) is 11.4 Å². The molecule has 1 N–H and O–H groups in total. The lowest BCUT2D eigenvalue weighted by molar-refractivity contribution is 0.724. The van der Waals surface area contributed by atoms with Gasteiger partial charge in [-0.25, -0.2) is 0 Å². The molecule has 4 heteroatoms.